The summed E-state index contributed by atoms with van der Waals surface area (Å²) in [7, 11) is 1.71. The van der Waals surface area contributed by atoms with Crippen molar-refractivity contribution in [3.05, 3.63) is 83.4 Å². The number of nitrogens with zero attached hydrogens (tertiary/aromatic N) is 2. The fraction of sp³-hybridized carbons (Fsp3) is 0.375. The van der Waals surface area contributed by atoms with Crippen molar-refractivity contribution in [3.8, 4) is 5.75 Å². The van der Waals surface area contributed by atoms with E-state index >= 15 is 0 Å². The summed E-state index contributed by atoms with van der Waals surface area (Å²) in [6, 6.07) is 16.1. The summed E-state index contributed by atoms with van der Waals surface area (Å²) >= 11 is 7.86. The molecule has 5 nitrogen and oxygen atoms in total. The smallest absolute Gasteiger partial charge is 0.187 e. The molecule has 0 radical (unpaired) electrons. The molecule has 1 fully saturated rings. The molecular weight excluding hydrogens is 432 g/mol. The maximum atomic E-state index is 6.51. The van der Waals surface area contributed by atoms with Gasteiger partial charge in [-0.15, -0.1) is 0 Å². The molecule has 2 atom stereocenters. The number of hydrogen-bond donors (Lipinski definition) is 0. The maximum Gasteiger partial charge on any atom is 0.187 e. The van der Waals surface area contributed by atoms with Crippen molar-refractivity contribution in [3.63, 3.8) is 0 Å². The number of ether oxygens (including phenoxy) is 3. The zero-order chi connectivity index (χ0) is 21.5. The number of imidazole rings is 1. The molecule has 0 saturated carbocycles. The molecule has 164 valence electrons. The summed E-state index contributed by atoms with van der Waals surface area (Å²) in [5.74, 6) is 2.01. The fourth-order valence-corrected chi connectivity index (χ4v) is 4.89. The molecule has 2 heterocycles. The second-order valence-electron chi connectivity index (χ2n) is 7.65. The number of thioether (sulfide) groups is 1. The van der Waals surface area contributed by atoms with E-state index in [1.807, 2.05) is 52.9 Å². The van der Waals surface area contributed by atoms with Crippen LogP contribution in [0.5, 0.6) is 5.75 Å². The van der Waals surface area contributed by atoms with Crippen LogP contribution >= 0.6 is 23.4 Å². The van der Waals surface area contributed by atoms with Crippen LogP contribution in [0.2, 0.25) is 5.02 Å². The number of para-hydroxylation sites is 1. The van der Waals surface area contributed by atoms with E-state index in [-0.39, 0.29) is 6.10 Å². The number of aromatic nitrogens is 2. The first-order chi connectivity index (χ1) is 15.2. The van der Waals surface area contributed by atoms with Gasteiger partial charge in [-0.3, -0.25) is 0 Å². The minimum atomic E-state index is -0.657. The molecule has 2 aromatic carbocycles. The number of rotatable bonds is 10. The van der Waals surface area contributed by atoms with Crippen molar-refractivity contribution in [1.82, 2.24) is 9.55 Å². The lowest BCUT2D eigenvalue weighted by Gasteiger charge is -2.28. The van der Waals surface area contributed by atoms with Gasteiger partial charge >= 0.3 is 0 Å². The largest absolute Gasteiger partial charge is 0.496 e. The molecule has 3 aromatic rings. The first kappa shape index (κ1) is 22.2. The van der Waals surface area contributed by atoms with Gasteiger partial charge in [-0.1, -0.05) is 41.9 Å². The molecular formula is C24H27ClN2O3S. The van der Waals surface area contributed by atoms with Gasteiger partial charge < -0.3 is 18.8 Å². The van der Waals surface area contributed by atoms with E-state index in [0.29, 0.717) is 13.2 Å². The van der Waals surface area contributed by atoms with Crippen LogP contribution in [0.15, 0.2) is 67.3 Å². The maximum absolute atomic E-state index is 6.51. The summed E-state index contributed by atoms with van der Waals surface area (Å²) < 4.78 is 20.3. The van der Waals surface area contributed by atoms with Gasteiger partial charge in [0.05, 0.1) is 32.7 Å². The van der Waals surface area contributed by atoms with E-state index in [0.717, 1.165) is 35.1 Å². The third kappa shape index (κ3) is 6.04. The number of hydrogen-bond acceptors (Lipinski definition) is 5. The fourth-order valence-electron chi connectivity index (χ4n) is 3.76. The second-order valence-corrected chi connectivity index (χ2v) is 9.12. The van der Waals surface area contributed by atoms with Gasteiger partial charge in [0.1, 0.15) is 5.75 Å². The Balaban J connectivity index is 1.36. The molecule has 1 saturated heterocycles. The van der Waals surface area contributed by atoms with Crippen molar-refractivity contribution in [2.24, 2.45) is 0 Å². The highest BCUT2D eigenvalue weighted by Crippen LogP contribution is 2.33. The van der Waals surface area contributed by atoms with E-state index in [1.54, 1.807) is 19.6 Å². The van der Waals surface area contributed by atoms with Gasteiger partial charge in [0, 0.05) is 40.9 Å². The third-order valence-electron chi connectivity index (χ3n) is 5.36. The molecule has 0 bridgehead atoms. The molecule has 4 rings (SSSR count). The Morgan fingerprint density at radius 3 is 2.84 bits per heavy atom. The van der Waals surface area contributed by atoms with Gasteiger partial charge in [0.25, 0.3) is 0 Å². The average Bonchev–Trinajstić information content (AvgIpc) is 3.44. The van der Waals surface area contributed by atoms with Crippen molar-refractivity contribution in [1.29, 1.82) is 0 Å². The molecule has 0 aliphatic carbocycles. The summed E-state index contributed by atoms with van der Waals surface area (Å²) in [5, 5.41) is 0.748. The van der Waals surface area contributed by atoms with Gasteiger partial charge in [0.2, 0.25) is 0 Å². The van der Waals surface area contributed by atoms with Crippen LogP contribution < -0.4 is 4.74 Å². The van der Waals surface area contributed by atoms with Crippen molar-refractivity contribution in [2.45, 2.75) is 37.0 Å². The predicted octanol–water partition coefficient (Wildman–Crippen LogP) is 5.22. The Morgan fingerprint density at radius 2 is 2.06 bits per heavy atom. The van der Waals surface area contributed by atoms with Crippen LogP contribution in [0.4, 0.5) is 0 Å². The van der Waals surface area contributed by atoms with E-state index in [9.17, 15) is 0 Å². The quantitative estimate of drug-likeness (QED) is 0.416. The zero-order valence-electron chi connectivity index (χ0n) is 17.6. The first-order valence-corrected chi connectivity index (χ1v) is 11.9. The van der Waals surface area contributed by atoms with Gasteiger partial charge in [-0.05, 0) is 30.2 Å². The standard InChI is InChI=1S/C24H27ClN2O3S/c1-28-23-5-3-2-4-20(23)15-31-16-22-14-29-24(30-22,17-27-13-12-26-18-27)11-10-19-6-8-21(25)9-7-19/h2-9,12-13,18,22H,10-11,14-17H2,1H3. The molecule has 1 aromatic heterocycles. The molecule has 1 aliphatic rings. The lowest BCUT2D eigenvalue weighted by molar-refractivity contribution is -0.180. The van der Waals surface area contributed by atoms with E-state index in [2.05, 4.69) is 23.2 Å². The highest BCUT2D eigenvalue weighted by atomic mass is 35.5. The Labute approximate surface area is 192 Å². The SMILES string of the molecule is COc1ccccc1CSCC1COC(CCc2ccc(Cl)cc2)(Cn2ccnc2)O1. The van der Waals surface area contributed by atoms with Crippen LogP contribution in [-0.4, -0.2) is 40.9 Å². The van der Waals surface area contributed by atoms with Crippen molar-refractivity contribution >= 4 is 23.4 Å². The lowest BCUT2D eigenvalue weighted by atomic mass is 10.0. The second kappa shape index (κ2) is 10.6. The summed E-state index contributed by atoms with van der Waals surface area (Å²) in [5.41, 5.74) is 2.41. The first-order valence-electron chi connectivity index (χ1n) is 10.4. The summed E-state index contributed by atoms with van der Waals surface area (Å²) in [6.45, 7) is 1.21. The molecule has 2 unspecified atom stereocenters. The van der Waals surface area contributed by atoms with Crippen molar-refractivity contribution in [2.75, 3.05) is 19.5 Å². The minimum Gasteiger partial charge on any atom is -0.496 e. The minimum absolute atomic E-state index is 0.0495. The van der Waals surface area contributed by atoms with E-state index in [4.69, 9.17) is 25.8 Å². The van der Waals surface area contributed by atoms with E-state index < -0.39 is 5.79 Å². The number of halogens is 1. The number of benzene rings is 2. The van der Waals surface area contributed by atoms with Gasteiger partial charge in [-0.25, -0.2) is 4.98 Å². The molecule has 0 amide bonds. The molecule has 7 heteroatoms. The Hall–Kier alpha value is -1.99. The Morgan fingerprint density at radius 1 is 1.23 bits per heavy atom. The van der Waals surface area contributed by atoms with Crippen LogP contribution in [0.1, 0.15) is 17.5 Å². The Kier molecular flexibility index (Phi) is 7.56. The van der Waals surface area contributed by atoms with Crippen LogP contribution in [0, 0.1) is 0 Å². The summed E-state index contributed by atoms with van der Waals surface area (Å²) in [4.78, 5) is 4.16. The zero-order valence-corrected chi connectivity index (χ0v) is 19.1. The number of aryl methyl sites for hydroxylation is 1. The molecule has 31 heavy (non-hydrogen) atoms. The summed E-state index contributed by atoms with van der Waals surface area (Å²) in [6.07, 6.45) is 7.20. The molecule has 0 N–H and O–H groups in total. The van der Waals surface area contributed by atoms with Crippen LogP contribution in [0.3, 0.4) is 0 Å². The average molecular weight is 459 g/mol. The van der Waals surface area contributed by atoms with Crippen LogP contribution in [0.25, 0.3) is 0 Å². The monoisotopic (exact) mass is 458 g/mol. The molecule has 0 spiro atoms. The molecule has 1 aliphatic heterocycles. The van der Waals surface area contributed by atoms with Crippen LogP contribution in [-0.2, 0) is 28.2 Å². The predicted molar refractivity (Wildman–Crippen MR) is 125 cm³/mol. The normalized spacial score (nSPS) is 20.8. The Bertz CT molecular complexity index is 952. The number of methoxy groups -OCH3 is 1. The topological polar surface area (TPSA) is 45.5 Å². The highest BCUT2D eigenvalue weighted by molar-refractivity contribution is 7.98. The van der Waals surface area contributed by atoms with Gasteiger partial charge in [-0.2, -0.15) is 11.8 Å². The third-order valence-corrected chi connectivity index (χ3v) is 6.73. The van der Waals surface area contributed by atoms with Crippen molar-refractivity contribution < 1.29 is 14.2 Å². The highest BCUT2D eigenvalue weighted by Gasteiger charge is 2.41. The van der Waals surface area contributed by atoms with E-state index in [1.165, 1.54) is 11.1 Å². The van der Waals surface area contributed by atoms with Gasteiger partial charge in [0.15, 0.2) is 5.79 Å². The lowest BCUT2D eigenvalue weighted by Crippen LogP contribution is -2.37.